The van der Waals surface area contributed by atoms with Gasteiger partial charge in [0.2, 0.25) is 5.13 Å². The van der Waals surface area contributed by atoms with Gasteiger partial charge in [-0.15, -0.1) is 11.8 Å². The number of nitrogens with one attached hydrogen (secondary N) is 1. The summed E-state index contributed by atoms with van der Waals surface area (Å²) in [5.74, 6) is 0.679. The Balaban J connectivity index is 2.06. The number of hydrogen-bond acceptors (Lipinski definition) is 6. The van der Waals surface area contributed by atoms with Crippen molar-refractivity contribution in [2.24, 2.45) is 0 Å². The zero-order valence-corrected chi connectivity index (χ0v) is 11.9. The van der Waals surface area contributed by atoms with Crippen molar-refractivity contribution in [1.82, 2.24) is 9.36 Å². The van der Waals surface area contributed by atoms with Gasteiger partial charge in [-0.05, 0) is 31.4 Å². The molecule has 1 unspecified atom stereocenters. The van der Waals surface area contributed by atoms with Crippen molar-refractivity contribution in [3.8, 4) is 0 Å². The van der Waals surface area contributed by atoms with Crippen LogP contribution >= 0.6 is 23.3 Å². The smallest absolute Gasteiger partial charge is 0.207 e. The Bertz CT molecular complexity index is 514. The topological polar surface area (TPSA) is 58.0 Å². The summed E-state index contributed by atoms with van der Waals surface area (Å²) in [6.07, 6.45) is 2.13. The van der Waals surface area contributed by atoms with Crippen LogP contribution in [0.15, 0.2) is 29.2 Å². The fraction of sp³-hybridized carbons (Fsp3) is 0.333. The maximum Gasteiger partial charge on any atom is 0.207 e. The molecule has 0 saturated heterocycles. The zero-order chi connectivity index (χ0) is 13.0. The Labute approximate surface area is 115 Å². The molecule has 18 heavy (non-hydrogen) atoms. The highest BCUT2D eigenvalue weighted by atomic mass is 32.2. The monoisotopic (exact) mass is 281 g/mol. The molecule has 0 amide bonds. The van der Waals surface area contributed by atoms with Gasteiger partial charge in [0.15, 0.2) is 0 Å². The lowest BCUT2D eigenvalue weighted by molar-refractivity contribution is 0.193. The lowest BCUT2D eigenvalue weighted by Crippen LogP contribution is -2.05. The molecule has 0 radical (unpaired) electrons. The number of hydrogen-bond donors (Lipinski definition) is 2. The van der Waals surface area contributed by atoms with E-state index in [0.29, 0.717) is 12.2 Å². The van der Waals surface area contributed by atoms with Gasteiger partial charge in [-0.25, -0.2) is 4.98 Å². The average molecular weight is 281 g/mol. The van der Waals surface area contributed by atoms with E-state index >= 15 is 0 Å². The lowest BCUT2D eigenvalue weighted by Gasteiger charge is -2.03. The minimum atomic E-state index is -0.410. The molecule has 2 rings (SSSR count). The molecule has 4 nitrogen and oxygen atoms in total. The second-order valence-electron chi connectivity index (χ2n) is 3.93. The van der Waals surface area contributed by atoms with Gasteiger partial charge in [-0.3, -0.25) is 0 Å². The minimum Gasteiger partial charge on any atom is -0.393 e. The van der Waals surface area contributed by atoms with Gasteiger partial charge in [-0.1, -0.05) is 6.07 Å². The van der Waals surface area contributed by atoms with Crippen molar-refractivity contribution < 1.29 is 5.11 Å². The number of rotatable bonds is 5. The zero-order valence-electron chi connectivity index (χ0n) is 10.3. The summed E-state index contributed by atoms with van der Waals surface area (Å²) in [6.45, 7) is 1.73. The van der Waals surface area contributed by atoms with Crippen molar-refractivity contribution in [3.05, 3.63) is 30.1 Å². The SMILES string of the molecule is CSc1cccc(Nc2nc(CC(C)O)ns2)c1. The van der Waals surface area contributed by atoms with Gasteiger partial charge in [0.25, 0.3) is 0 Å². The second kappa shape index (κ2) is 6.17. The van der Waals surface area contributed by atoms with E-state index in [1.54, 1.807) is 18.7 Å². The number of anilines is 2. The molecule has 0 fully saturated rings. The summed E-state index contributed by atoms with van der Waals surface area (Å²) in [6, 6.07) is 8.14. The molecule has 96 valence electrons. The van der Waals surface area contributed by atoms with Crippen molar-refractivity contribution in [2.45, 2.75) is 24.3 Å². The predicted molar refractivity (Wildman–Crippen MR) is 76.8 cm³/mol. The molecule has 6 heteroatoms. The van der Waals surface area contributed by atoms with Crippen LogP contribution in [0.2, 0.25) is 0 Å². The van der Waals surface area contributed by atoms with Crippen LogP contribution in [-0.2, 0) is 6.42 Å². The van der Waals surface area contributed by atoms with Crippen LogP contribution in [0, 0.1) is 0 Å². The predicted octanol–water partition coefficient (Wildman–Crippen LogP) is 2.93. The van der Waals surface area contributed by atoms with Crippen LogP contribution in [0.4, 0.5) is 10.8 Å². The summed E-state index contributed by atoms with van der Waals surface area (Å²) in [4.78, 5) is 5.53. The van der Waals surface area contributed by atoms with E-state index in [4.69, 9.17) is 0 Å². The van der Waals surface area contributed by atoms with Gasteiger partial charge in [0, 0.05) is 28.5 Å². The van der Waals surface area contributed by atoms with Gasteiger partial charge in [0.05, 0.1) is 6.10 Å². The summed E-state index contributed by atoms with van der Waals surface area (Å²) in [7, 11) is 0. The second-order valence-corrected chi connectivity index (χ2v) is 5.56. The largest absolute Gasteiger partial charge is 0.393 e. The summed E-state index contributed by atoms with van der Waals surface area (Å²) < 4.78 is 4.20. The lowest BCUT2D eigenvalue weighted by atomic mass is 10.3. The standard InChI is InChI=1S/C12H15N3OS2/c1-8(16)6-11-14-12(18-15-11)13-9-4-3-5-10(7-9)17-2/h3-5,7-8,16H,6H2,1-2H3,(H,13,14,15). The molecule has 0 saturated carbocycles. The number of thioether (sulfide) groups is 1. The highest BCUT2D eigenvalue weighted by Crippen LogP contribution is 2.23. The molecule has 0 aliphatic heterocycles. The molecule has 2 N–H and O–H groups in total. The number of aromatic nitrogens is 2. The van der Waals surface area contributed by atoms with Crippen molar-refractivity contribution in [2.75, 3.05) is 11.6 Å². The van der Waals surface area contributed by atoms with E-state index < -0.39 is 6.10 Å². The van der Waals surface area contributed by atoms with Crippen LogP contribution in [0.1, 0.15) is 12.7 Å². The van der Waals surface area contributed by atoms with Crippen LogP contribution < -0.4 is 5.32 Å². The Morgan fingerprint density at radius 2 is 2.33 bits per heavy atom. The number of aliphatic hydroxyl groups is 1. The molecular formula is C12H15N3OS2. The highest BCUT2D eigenvalue weighted by molar-refractivity contribution is 7.98. The van der Waals surface area contributed by atoms with E-state index in [1.807, 2.05) is 18.4 Å². The molecule has 1 heterocycles. The molecule has 0 aliphatic rings. The Kier molecular flexibility index (Phi) is 4.57. The van der Waals surface area contributed by atoms with Crippen LogP contribution in [0.25, 0.3) is 0 Å². The number of nitrogens with zero attached hydrogens (tertiary/aromatic N) is 2. The van der Waals surface area contributed by atoms with Crippen molar-refractivity contribution >= 4 is 34.1 Å². The third-order valence-corrected chi connectivity index (χ3v) is 3.66. The molecule has 0 spiro atoms. The quantitative estimate of drug-likeness (QED) is 0.825. The van der Waals surface area contributed by atoms with E-state index in [0.717, 1.165) is 10.8 Å². The van der Waals surface area contributed by atoms with E-state index in [9.17, 15) is 5.11 Å². The fourth-order valence-corrected chi connectivity index (χ4v) is 2.55. The van der Waals surface area contributed by atoms with Crippen LogP contribution in [0.3, 0.4) is 0 Å². The van der Waals surface area contributed by atoms with Gasteiger partial charge >= 0.3 is 0 Å². The van der Waals surface area contributed by atoms with E-state index in [-0.39, 0.29) is 0 Å². The Morgan fingerprint density at radius 1 is 1.50 bits per heavy atom. The number of benzene rings is 1. The van der Waals surface area contributed by atoms with Crippen molar-refractivity contribution in [3.63, 3.8) is 0 Å². The minimum absolute atomic E-state index is 0.410. The maximum absolute atomic E-state index is 9.27. The van der Waals surface area contributed by atoms with E-state index in [2.05, 4.69) is 26.8 Å². The maximum atomic E-state index is 9.27. The molecule has 1 atom stereocenters. The van der Waals surface area contributed by atoms with Gasteiger partial charge < -0.3 is 10.4 Å². The summed E-state index contributed by atoms with van der Waals surface area (Å²) in [5, 5.41) is 13.3. The third kappa shape index (κ3) is 3.69. The first-order valence-corrected chi connectivity index (χ1v) is 7.59. The first-order valence-electron chi connectivity index (χ1n) is 5.59. The van der Waals surface area contributed by atoms with Crippen LogP contribution in [0.5, 0.6) is 0 Å². The number of aliphatic hydroxyl groups excluding tert-OH is 1. The average Bonchev–Trinajstić information content (AvgIpc) is 2.76. The molecule has 0 bridgehead atoms. The first-order chi connectivity index (χ1) is 8.67. The molecular weight excluding hydrogens is 266 g/mol. The van der Waals surface area contributed by atoms with Gasteiger partial charge in [0.1, 0.15) is 5.82 Å². The first kappa shape index (κ1) is 13.3. The van der Waals surface area contributed by atoms with E-state index in [1.165, 1.54) is 16.4 Å². The van der Waals surface area contributed by atoms with Gasteiger partial charge in [-0.2, -0.15) is 4.37 Å². The molecule has 0 aliphatic carbocycles. The van der Waals surface area contributed by atoms with Crippen LogP contribution in [-0.4, -0.2) is 26.8 Å². The van der Waals surface area contributed by atoms with Crippen molar-refractivity contribution in [1.29, 1.82) is 0 Å². The fourth-order valence-electron chi connectivity index (χ4n) is 1.48. The molecule has 1 aromatic heterocycles. The summed E-state index contributed by atoms with van der Waals surface area (Å²) in [5.41, 5.74) is 1.00. The summed E-state index contributed by atoms with van der Waals surface area (Å²) >= 11 is 3.01. The third-order valence-electron chi connectivity index (χ3n) is 2.27. The molecule has 2 aromatic rings. The highest BCUT2D eigenvalue weighted by Gasteiger charge is 2.07. The Hall–Kier alpha value is -1.11. The Morgan fingerprint density at radius 3 is 3.06 bits per heavy atom. The molecule has 1 aromatic carbocycles. The normalized spacial score (nSPS) is 12.4.